The van der Waals surface area contributed by atoms with E-state index in [0.717, 1.165) is 0 Å². The van der Waals surface area contributed by atoms with Crippen molar-refractivity contribution in [3.8, 4) is 0 Å². The van der Waals surface area contributed by atoms with E-state index in [1.54, 1.807) is 6.20 Å². The van der Waals surface area contributed by atoms with Gasteiger partial charge in [-0.05, 0) is 24.4 Å². The highest BCUT2D eigenvalue weighted by Crippen LogP contribution is 2.21. The second-order valence-electron chi connectivity index (χ2n) is 4.61. The minimum atomic E-state index is 0.105. The summed E-state index contributed by atoms with van der Waals surface area (Å²) in [6.07, 6.45) is 4.08. The Hall–Kier alpha value is -2.01. The predicted octanol–water partition coefficient (Wildman–Crippen LogP) is 1.43. The molecule has 0 bridgehead atoms. The van der Waals surface area contributed by atoms with Gasteiger partial charge in [0.2, 0.25) is 5.91 Å². The van der Waals surface area contributed by atoms with Crippen molar-refractivity contribution >= 4 is 5.91 Å². The molecule has 18 heavy (non-hydrogen) atoms. The summed E-state index contributed by atoms with van der Waals surface area (Å²) < 4.78 is 1.82. The molecule has 1 amide bonds. The Kier molecular flexibility index (Phi) is 3.84. The maximum absolute atomic E-state index is 11.9. The number of hydrogen-bond donors (Lipinski definition) is 0. The van der Waals surface area contributed by atoms with Crippen LogP contribution in [0.3, 0.4) is 0 Å². The Balaban J connectivity index is 1.92. The summed E-state index contributed by atoms with van der Waals surface area (Å²) in [4.78, 5) is 16.5. The lowest BCUT2D eigenvalue weighted by Crippen LogP contribution is -2.37. The topological polar surface area (TPSA) is 86.9 Å². The molecule has 7 nitrogen and oxygen atoms in total. The van der Waals surface area contributed by atoms with E-state index in [0.29, 0.717) is 26.1 Å². The van der Waals surface area contributed by atoms with Crippen LogP contribution in [0.1, 0.15) is 13.3 Å². The van der Waals surface area contributed by atoms with Crippen LogP contribution < -0.4 is 0 Å². The Morgan fingerprint density at radius 3 is 3.22 bits per heavy atom. The minimum Gasteiger partial charge on any atom is -0.338 e. The smallest absolute Gasteiger partial charge is 0.223 e. The molecule has 1 aromatic heterocycles. The summed E-state index contributed by atoms with van der Waals surface area (Å²) in [5, 5.41) is 7.68. The van der Waals surface area contributed by atoms with Crippen LogP contribution in [0, 0.1) is 5.92 Å². The molecule has 0 aromatic carbocycles. The third-order valence-electron chi connectivity index (χ3n) is 3.18. The SMILES string of the molecule is CC(Cn1cccn1)N1CC(CN=[N+]=[N-])CC1=O. The third-order valence-corrected chi connectivity index (χ3v) is 3.18. The molecule has 1 aliphatic rings. The number of aromatic nitrogens is 2. The van der Waals surface area contributed by atoms with Crippen molar-refractivity contribution in [2.75, 3.05) is 13.1 Å². The van der Waals surface area contributed by atoms with Crippen molar-refractivity contribution in [2.45, 2.75) is 25.9 Å². The molecule has 1 fully saturated rings. The lowest BCUT2D eigenvalue weighted by molar-refractivity contribution is -0.129. The average molecular weight is 248 g/mol. The van der Waals surface area contributed by atoms with Crippen molar-refractivity contribution in [3.63, 3.8) is 0 Å². The summed E-state index contributed by atoms with van der Waals surface area (Å²) in [5.74, 6) is 0.279. The molecule has 0 N–H and O–H groups in total. The number of nitrogens with zero attached hydrogens (tertiary/aromatic N) is 6. The van der Waals surface area contributed by atoms with Crippen molar-refractivity contribution in [2.24, 2.45) is 11.0 Å². The molecule has 2 atom stereocenters. The highest BCUT2D eigenvalue weighted by Gasteiger charge is 2.32. The van der Waals surface area contributed by atoms with Crippen LogP contribution in [0.25, 0.3) is 10.4 Å². The van der Waals surface area contributed by atoms with Gasteiger partial charge >= 0.3 is 0 Å². The van der Waals surface area contributed by atoms with E-state index < -0.39 is 0 Å². The van der Waals surface area contributed by atoms with Crippen LogP contribution in [0.2, 0.25) is 0 Å². The number of rotatable bonds is 5. The lowest BCUT2D eigenvalue weighted by atomic mass is 10.1. The molecule has 2 unspecified atom stereocenters. The molecule has 7 heteroatoms. The van der Waals surface area contributed by atoms with Crippen LogP contribution in [0.4, 0.5) is 0 Å². The first-order valence-electron chi connectivity index (χ1n) is 5.98. The standard InChI is InChI=1S/C11H16N6O/c1-9(7-16-4-2-3-14-16)17-8-10(5-11(17)18)6-13-15-12/h2-4,9-10H,5-8H2,1H3. The Morgan fingerprint density at radius 1 is 1.72 bits per heavy atom. The first kappa shape index (κ1) is 12.4. The van der Waals surface area contributed by atoms with Crippen LogP contribution in [0.15, 0.2) is 23.6 Å². The molecular weight excluding hydrogens is 232 g/mol. The van der Waals surface area contributed by atoms with Crippen LogP contribution in [-0.4, -0.2) is 39.7 Å². The van der Waals surface area contributed by atoms with Gasteiger partial charge in [0.1, 0.15) is 0 Å². The highest BCUT2D eigenvalue weighted by molar-refractivity contribution is 5.79. The van der Waals surface area contributed by atoms with Gasteiger partial charge in [-0.25, -0.2) is 0 Å². The first-order valence-corrected chi connectivity index (χ1v) is 5.98. The Bertz CT molecular complexity index is 450. The molecule has 96 valence electrons. The number of carbonyl (C=O) groups excluding carboxylic acids is 1. The molecule has 1 aromatic rings. The molecular formula is C11H16N6O. The number of likely N-dealkylation sites (tertiary alicyclic amines) is 1. The normalized spacial score (nSPS) is 20.8. The summed E-state index contributed by atoms with van der Waals surface area (Å²) in [5.41, 5.74) is 8.29. The van der Waals surface area contributed by atoms with Crippen LogP contribution in [0.5, 0.6) is 0 Å². The average Bonchev–Trinajstić information content (AvgIpc) is 2.96. The molecule has 0 spiro atoms. The number of azide groups is 1. The van der Waals surface area contributed by atoms with E-state index in [-0.39, 0.29) is 17.9 Å². The second-order valence-corrected chi connectivity index (χ2v) is 4.61. The van der Waals surface area contributed by atoms with Crippen molar-refractivity contribution in [3.05, 3.63) is 28.9 Å². The van der Waals surface area contributed by atoms with Crippen molar-refractivity contribution in [1.29, 1.82) is 0 Å². The second kappa shape index (κ2) is 5.55. The minimum absolute atomic E-state index is 0.105. The van der Waals surface area contributed by atoms with Crippen molar-refractivity contribution in [1.82, 2.24) is 14.7 Å². The summed E-state index contributed by atoms with van der Waals surface area (Å²) in [6.45, 7) is 3.76. The number of amides is 1. The van der Waals surface area contributed by atoms with E-state index >= 15 is 0 Å². The molecule has 2 rings (SSSR count). The molecule has 1 aliphatic heterocycles. The van der Waals surface area contributed by atoms with Gasteiger partial charge in [0, 0.05) is 42.9 Å². The fourth-order valence-corrected chi connectivity index (χ4v) is 2.29. The zero-order chi connectivity index (χ0) is 13.0. The summed E-state index contributed by atoms with van der Waals surface area (Å²) in [7, 11) is 0. The quantitative estimate of drug-likeness (QED) is 0.448. The van der Waals surface area contributed by atoms with E-state index in [2.05, 4.69) is 15.1 Å². The van der Waals surface area contributed by atoms with Gasteiger partial charge in [-0.15, -0.1) is 0 Å². The van der Waals surface area contributed by atoms with Crippen LogP contribution in [-0.2, 0) is 11.3 Å². The Morgan fingerprint density at radius 2 is 2.56 bits per heavy atom. The highest BCUT2D eigenvalue weighted by atomic mass is 16.2. The maximum Gasteiger partial charge on any atom is 0.223 e. The van der Waals surface area contributed by atoms with Gasteiger partial charge in [0.15, 0.2) is 0 Å². The summed E-state index contributed by atoms with van der Waals surface area (Å²) >= 11 is 0. The van der Waals surface area contributed by atoms with Gasteiger partial charge in [-0.3, -0.25) is 9.48 Å². The van der Waals surface area contributed by atoms with Gasteiger partial charge in [0.25, 0.3) is 0 Å². The lowest BCUT2D eigenvalue weighted by Gasteiger charge is -2.24. The molecule has 0 saturated carbocycles. The fraction of sp³-hybridized carbons (Fsp3) is 0.636. The fourth-order valence-electron chi connectivity index (χ4n) is 2.29. The van der Waals surface area contributed by atoms with E-state index in [1.807, 2.05) is 28.8 Å². The molecule has 2 heterocycles. The first-order chi connectivity index (χ1) is 8.70. The monoisotopic (exact) mass is 248 g/mol. The zero-order valence-electron chi connectivity index (χ0n) is 10.3. The summed E-state index contributed by atoms with van der Waals surface area (Å²) in [6, 6.07) is 1.97. The third kappa shape index (κ3) is 2.81. The van der Waals surface area contributed by atoms with Crippen LogP contribution >= 0.6 is 0 Å². The molecule has 0 aliphatic carbocycles. The van der Waals surface area contributed by atoms with Gasteiger partial charge in [-0.1, -0.05) is 5.11 Å². The maximum atomic E-state index is 11.9. The van der Waals surface area contributed by atoms with E-state index in [1.165, 1.54) is 0 Å². The van der Waals surface area contributed by atoms with E-state index in [9.17, 15) is 4.79 Å². The molecule has 1 saturated heterocycles. The van der Waals surface area contributed by atoms with Gasteiger partial charge in [0.05, 0.1) is 6.54 Å². The molecule has 0 radical (unpaired) electrons. The number of hydrogen-bond acceptors (Lipinski definition) is 3. The largest absolute Gasteiger partial charge is 0.338 e. The van der Waals surface area contributed by atoms with E-state index in [4.69, 9.17) is 5.53 Å². The van der Waals surface area contributed by atoms with Gasteiger partial charge < -0.3 is 4.90 Å². The van der Waals surface area contributed by atoms with Gasteiger partial charge in [-0.2, -0.15) is 5.10 Å². The zero-order valence-corrected chi connectivity index (χ0v) is 10.3. The number of carbonyl (C=O) groups is 1. The van der Waals surface area contributed by atoms with Crippen molar-refractivity contribution < 1.29 is 4.79 Å². The predicted molar refractivity (Wildman–Crippen MR) is 65.5 cm³/mol. The Labute approximate surface area is 105 Å².